The van der Waals surface area contributed by atoms with Crippen molar-refractivity contribution in [2.45, 2.75) is 44.3 Å². The first-order chi connectivity index (χ1) is 26.5. The Kier molecular flexibility index (Phi) is 11.3. The number of halogens is 1. The molecule has 0 radical (unpaired) electrons. The number of amides is 3. The fraction of sp³-hybridized carbons (Fsp3) is 0.359. The highest BCUT2D eigenvalue weighted by molar-refractivity contribution is 7.70. The molecule has 2 fully saturated rings. The van der Waals surface area contributed by atoms with Crippen LogP contribution in [0.3, 0.4) is 0 Å². The number of nitrogens with zero attached hydrogens (tertiary/aromatic N) is 4. The zero-order valence-corrected chi connectivity index (χ0v) is 32.6. The lowest BCUT2D eigenvalue weighted by Gasteiger charge is -2.34. The average Bonchev–Trinajstić information content (AvgIpc) is 3.51. The van der Waals surface area contributed by atoms with Gasteiger partial charge in [-0.25, -0.2) is 4.98 Å². The number of ether oxygens (including phenoxy) is 2. The fourth-order valence-corrected chi connectivity index (χ4v) is 8.54. The van der Waals surface area contributed by atoms with Crippen LogP contribution in [0.5, 0.6) is 11.5 Å². The number of carbonyl (C=O) groups excluding carboxylic acids is 3. The highest BCUT2D eigenvalue weighted by Gasteiger charge is 2.40. The smallest absolute Gasteiger partial charge is 0.255 e. The Morgan fingerprint density at radius 3 is 2.53 bits per heavy atom. The van der Waals surface area contributed by atoms with Gasteiger partial charge in [0.25, 0.3) is 5.91 Å². The lowest BCUT2D eigenvalue weighted by molar-refractivity contribution is -0.136. The summed E-state index contributed by atoms with van der Waals surface area (Å²) in [6.45, 7) is 6.51. The zero-order valence-electron chi connectivity index (χ0n) is 30.9. The largest absolute Gasteiger partial charge is 0.494 e. The molecular weight excluding hydrogens is 743 g/mol. The van der Waals surface area contributed by atoms with Gasteiger partial charge in [-0.05, 0) is 69.0 Å². The number of fused-ring (bicyclic) bond motifs is 1. The van der Waals surface area contributed by atoms with Crippen LogP contribution in [0.25, 0.3) is 0 Å². The van der Waals surface area contributed by atoms with E-state index in [4.69, 9.17) is 21.1 Å². The Balaban J connectivity index is 0.903. The molecule has 3 aromatic carbocycles. The van der Waals surface area contributed by atoms with Gasteiger partial charge in [0, 0.05) is 60.3 Å². The number of hydrogen-bond donors (Lipinski definition) is 4. The highest BCUT2D eigenvalue weighted by Crippen LogP contribution is 2.39. The van der Waals surface area contributed by atoms with E-state index in [0.717, 1.165) is 37.2 Å². The van der Waals surface area contributed by atoms with Crippen LogP contribution in [-0.2, 0) is 20.7 Å². The predicted octanol–water partition coefficient (Wildman–Crippen LogP) is 5.27. The van der Waals surface area contributed by atoms with Crippen molar-refractivity contribution in [3.8, 4) is 11.5 Å². The van der Waals surface area contributed by atoms with E-state index >= 15 is 0 Å². The van der Waals surface area contributed by atoms with Gasteiger partial charge in [-0.3, -0.25) is 19.7 Å². The lowest BCUT2D eigenvalue weighted by atomic mass is 10.0. The maximum Gasteiger partial charge on any atom is 0.255 e. The molecule has 2 saturated heterocycles. The van der Waals surface area contributed by atoms with Crippen LogP contribution in [0, 0.1) is 0 Å². The second-order valence-electron chi connectivity index (χ2n) is 14.1. The molecule has 0 spiro atoms. The number of benzene rings is 3. The van der Waals surface area contributed by atoms with Crippen molar-refractivity contribution in [1.29, 1.82) is 0 Å². The van der Waals surface area contributed by atoms with Crippen molar-refractivity contribution in [3.05, 3.63) is 83.0 Å². The van der Waals surface area contributed by atoms with E-state index in [2.05, 4.69) is 36.1 Å². The molecule has 4 N–H and O–H groups in total. The molecule has 0 aliphatic carbocycles. The molecule has 288 valence electrons. The van der Waals surface area contributed by atoms with E-state index < -0.39 is 19.1 Å². The number of rotatable bonds is 13. The van der Waals surface area contributed by atoms with Crippen LogP contribution in [-0.4, -0.2) is 91.4 Å². The molecule has 14 nitrogen and oxygen atoms in total. The Hall–Kier alpha value is -5.17. The van der Waals surface area contributed by atoms with E-state index in [1.54, 1.807) is 32.6 Å². The molecular formula is C39H44ClN8O6P. The molecule has 7 rings (SSSR count). The van der Waals surface area contributed by atoms with Crippen LogP contribution in [0.15, 0.2) is 66.9 Å². The summed E-state index contributed by atoms with van der Waals surface area (Å²) in [7, 11) is -0.929. The van der Waals surface area contributed by atoms with E-state index in [9.17, 15) is 18.9 Å². The molecule has 3 aliphatic heterocycles. The Labute approximate surface area is 324 Å². The number of para-hydroxylation sites is 1. The number of methoxy groups -OCH3 is 1. The first-order valence-corrected chi connectivity index (χ1v) is 21.2. The number of carbonyl (C=O) groups is 3. The maximum absolute atomic E-state index is 13.1. The topological polar surface area (TPSA) is 167 Å². The number of anilines is 5. The van der Waals surface area contributed by atoms with Crippen molar-refractivity contribution in [2.24, 2.45) is 0 Å². The molecule has 55 heavy (non-hydrogen) atoms. The molecule has 1 atom stereocenters. The van der Waals surface area contributed by atoms with Crippen LogP contribution in [0.4, 0.5) is 28.8 Å². The monoisotopic (exact) mass is 786 g/mol. The highest BCUT2D eigenvalue weighted by atomic mass is 35.5. The number of hydrogen-bond acceptors (Lipinski definition) is 12. The third-order valence-corrected chi connectivity index (χ3v) is 11.9. The van der Waals surface area contributed by atoms with Crippen LogP contribution in [0.2, 0.25) is 5.02 Å². The van der Waals surface area contributed by atoms with Crippen LogP contribution >= 0.6 is 18.7 Å². The van der Waals surface area contributed by atoms with Gasteiger partial charge >= 0.3 is 0 Å². The Bertz CT molecular complexity index is 2160. The summed E-state index contributed by atoms with van der Waals surface area (Å²) in [5, 5.41) is 13.5. The van der Waals surface area contributed by atoms with Gasteiger partial charge in [0.1, 0.15) is 36.3 Å². The summed E-state index contributed by atoms with van der Waals surface area (Å²) >= 11 is 6.45. The minimum absolute atomic E-state index is 0.214. The van der Waals surface area contributed by atoms with Crippen molar-refractivity contribution < 1.29 is 28.4 Å². The van der Waals surface area contributed by atoms with Crippen molar-refractivity contribution in [2.75, 3.05) is 62.2 Å². The van der Waals surface area contributed by atoms with Gasteiger partial charge in [-0.2, -0.15) is 4.98 Å². The molecule has 4 heterocycles. The molecule has 1 aromatic heterocycles. The summed E-state index contributed by atoms with van der Waals surface area (Å²) < 4.78 is 24.8. The summed E-state index contributed by atoms with van der Waals surface area (Å²) in [5.74, 6) is 1.03. The molecule has 1 unspecified atom stereocenters. The summed E-state index contributed by atoms with van der Waals surface area (Å²) in [6.07, 6.45) is 3.94. The normalized spacial score (nSPS) is 17.5. The number of imide groups is 1. The van der Waals surface area contributed by atoms with Gasteiger partial charge in [0.2, 0.25) is 17.8 Å². The zero-order chi connectivity index (χ0) is 38.7. The summed E-state index contributed by atoms with van der Waals surface area (Å²) in [6, 6.07) is 18.5. The minimum Gasteiger partial charge on any atom is -0.494 e. The number of piperidine rings is 2. The second-order valence-corrected chi connectivity index (χ2v) is 17.7. The summed E-state index contributed by atoms with van der Waals surface area (Å²) in [5.41, 5.74) is 3.72. The standard InChI is InChI=1S/C39H44ClN8O6P/c1-53-33-21-25(11-12-29(33)44-39-42-22-28(40)36(46-39)43-30-8-4-5-10-34(30)55(2,3)52)47-18-15-24(16-19-47)41-17-20-54-32-9-6-7-26-27(32)23-48(38(26)51)31-13-14-35(49)45-37(31)50/h4-12,21-22,24,31,41H,13-20,23H2,1-3H3,(H,45,49,50)(H2,42,43,44,46). The minimum atomic E-state index is -2.55. The van der Waals surface area contributed by atoms with Crippen LogP contribution in [0.1, 0.15) is 41.6 Å². The Morgan fingerprint density at radius 1 is 0.964 bits per heavy atom. The fourth-order valence-electron chi connectivity index (χ4n) is 7.25. The van der Waals surface area contributed by atoms with Gasteiger partial charge in [-0.1, -0.05) is 29.8 Å². The van der Waals surface area contributed by atoms with Crippen molar-refractivity contribution >= 4 is 70.6 Å². The first-order valence-electron chi connectivity index (χ1n) is 18.3. The van der Waals surface area contributed by atoms with E-state index in [-0.39, 0.29) is 24.8 Å². The quantitative estimate of drug-likeness (QED) is 0.0789. The number of nitrogens with one attached hydrogen (secondary N) is 4. The van der Waals surface area contributed by atoms with E-state index in [1.807, 2.05) is 48.5 Å². The number of aromatic nitrogens is 2. The van der Waals surface area contributed by atoms with Gasteiger partial charge < -0.3 is 39.8 Å². The van der Waals surface area contributed by atoms with Gasteiger partial charge in [0.05, 0.1) is 31.2 Å². The molecule has 3 amide bonds. The maximum atomic E-state index is 13.1. The Morgan fingerprint density at radius 2 is 1.76 bits per heavy atom. The summed E-state index contributed by atoms with van der Waals surface area (Å²) in [4.78, 5) is 50.0. The predicted molar refractivity (Wildman–Crippen MR) is 213 cm³/mol. The first kappa shape index (κ1) is 38.1. The third kappa shape index (κ3) is 8.56. The SMILES string of the molecule is COc1cc(N2CCC(NCCOc3cccc4c3CN(C3CCC(=O)NC3=O)C4=O)CC2)ccc1Nc1ncc(Cl)c(Nc2ccccc2P(C)(C)=O)n1. The van der Waals surface area contributed by atoms with Crippen LogP contribution < -0.4 is 40.9 Å². The molecule has 0 saturated carbocycles. The molecule has 4 aromatic rings. The molecule has 16 heteroatoms. The average molecular weight is 787 g/mol. The van der Waals surface area contributed by atoms with Gasteiger partial charge in [0.15, 0.2) is 5.82 Å². The van der Waals surface area contributed by atoms with E-state index in [0.29, 0.717) is 76.1 Å². The van der Waals surface area contributed by atoms with Crippen molar-refractivity contribution in [3.63, 3.8) is 0 Å². The van der Waals surface area contributed by atoms with E-state index in [1.165, 1.54) is 11.1 Å². The molecule has 0 bridgehead atoms. The van der Waals surface area contributed by atoms with Gasteiger partial charge in [-0.15, -0.1) is 0 Å². The molecule has 3 aliphatic rings. The third-order valence-electron chi connectivity index (χ3n) is 10.1. The van der Waals surface area contributed by atoms with Crippen molar-refractivity contribution in [1.82, 2.24) is 25.5 Å². The lowest BCUT2D eigenvalue weighted by Crippen LogP contribution is -2.52. The second kappa shape index (κ2) is 16.3.